The van der Waals surface area contributed by atoms with Crippen molar-refractivity contribution in [2.75, 3.05) is 13.2 Å². The van der Waals surface area contributed by atoms with E-state index in [0.717, 1.165) is 63.7 Å². The number of carbonyl (C=O) groups excluding carboxylic acids is 3. The first-order valence-electron chi connectivity index (χ1n) is 23.9. The smallest absolute Gasteiger partial charge is 0.306 e. The first-order valence-corrected chi connectivity index (χ1v) is 23.9. The van der Waals surface area contributed by atoms with Crippen LogP contribution in [0.4, 0.5) is 0 Å². The largest absolute Gasteiger partial charge is 0.462 e. The molecule has 0 rings (SSSR count). The highest BCUT2D eigenvalue weighted by Gasteiger charge is 2.19. The summed E-state index contributed by atoms with van der Waals surface area (Å²) >= 11 is 0. The molecule has 0 aromatic heterocycles. The molecule has 0 aromatic carbocycles. The third-order valence-electron chi connectivity index (χ3n) is 11.2. The fourth-order valence-corrected chi connectivity index (χ4v) is 7.12. The second-order valence-electron chi connectivity index (χ2n) is 16.6. The molecular weight excluding hydrogens is 673 g/mol. The van der Waals surface area contributed by atoms with Crippen molar-refractivity contribution in [1.29, 1.82) is 0 Å². The summed E-state index contributed by atoms with van der Waals surface area (Å²) in [5.41, 5.74) is 0. The molecule has 0 aliphatic heterocycles. The van der Waals surface area contributed by atoms with Crippen molar-refractivity contribution in [3.8, 4) is 0 Å². The van der Waals surface area contributed by atoms with Crippen LogP contribution in [0.3, 0.4) is 0 Å². The molecule has 0 saturated carbocycles. The van der Waals surface area contributed by atoms with Crippen LogP contribution in [0.2, 0.25) is 0 Å². The summed E-state index contributed by atoms with van der Waals surface area (Å²) in [6.45, 7) is 8.94. The minimum absolute atomic E-state index is 0.0653. The zero-order valence-electron chi connectivity index (χ0n) is 36.7. The Bertz CT molecular complexity index is 813. The van der Waals surface area contributed by atoms with E-state index in [4.69, 9.17) is 14.2 Å². The van der Waals surface area contributed by atoms with Gasteiger partial charge in [0.05, 0.1) is 0 Å². The first-order chi connectivity index (χ1) is 26.4. The van der Waals surface area contributed by atoms with E-state index < -0.39 is 6.10 Å². The lowest BCUT2D eigenvalue weighted by Gasteiger charge is -2.18. The van der Waals surface area contributed by atoms with E-state index in [1.165, 1.54) is 161 Å². The van der Waals surface area contributed by atoms with Gasteiger partial charge >= 0.3 is 17.9 Å². The first kappa shape index (κ1) is 52.4. The van der Waals surface area contributed by atoms with E-state index in [2.05, 4.69) is 27.7 Å². The highest BCUT2D eigenvalue weighted by molar-refractivity contribution is 5.71. The Balaban J connectivity index is 4.18. The van der Waals surface area contributed by atoms with Gasteiger partial charge in [-0.2, -0.15) is 0 Å². The standard InChI is InChI=1S/C48H92O6/c1-5-8-10-12-14-15-16-17-18-19-20-21-22-23-24-25-27-33-37-41-48(51)54-45(42-52-46(49)39-35-31-26-13-11-9-6-2)43-53-47(50)40-36-32-29-28-30-34-38-44(4)7-3/h44-45H,5-43H2,1-4H3/t44?,45-/m0/s1. The number of ether oxygens (including phenoxy) is 3. The van der Waals surface area contributed by atoms with Crippen LogP contribution < -0.4 is 0 Å². The number of unbranched alkanes of at least 4 members (excludes halogenated alkanes) is 29. The predicted octanol–water partition coefficient (Wildman–Crippen LogP) is 15.1. The van der Waals surface area contributed by atoms with E-state index in [0.29, 0.717) is 19.3 Å². The lowest BCUT2D eigenvalue weighted by molar-refractivity contribution is -0.167. The maximum atomic E-state index is 12.7. The molecule has 6 heteroatoms. The van der Waals surface area contributed by atoms with Gasteiger partial charge in [-0.05, 0) is 25.2 Å². The fraction of sp³-hybridized carbons (Fsp3) is 0.938. The molecule has 0 aromatic rings. The summed E-state index contributed by atoms with van der Waals surface area (Å²) in [4.78, 5) is 37.6. The summed E-state index contributed by atoms with van der Waals surface area (Å²) in [6.07, 6.45) is 42.5. The van der Waals surface area contributed by atoms with Gasteiger partial charge in [0.2, 0.25) is 0 Å². The highest BCUT2D eigenvalue weighted by Crippen LogP contribution is 2.17. The van der Waals surface area contributed by atoms with Crippen molar-refractivity contribution in [1.82, 2.24) is 0 Å². The van der Waals surface area contributed by atoms with Crippen LogP contribution in [0.25, 0.3) is 0 Å². The molecule has 0 bridgehead atoms. The van der Waals surface area contributed by atoms with Crippen LogP contribution in [0.15, 0.2) is 0 Å². The van der Waals surface area contributed by atoms with E-state index in [-0.39, 0.29) is 31.1 Å². The lowest BCUT2D eigenvalue weighted by Crippen LogP contribution is -2.30. The molecule has 54 heavy (non-hydrogen) atoms. The average molecular weight is 765 g/mol. The van der Waals surface area contributed by atoms with Crippen molar-refractivity contribution in [3.63, 3.8) is 0 Å². The van der Waals surface area contributed by atoms with Crippen LogP contribution >= 0.6 is 0 Å². The normalized spacial score (nSPS) is 12.4. The van der Waals surface area contributed by atoms with Crippen molar-refractivity contribution in [3.05, 3.63) is 0 Å². The van der Waals surface area contributed by atoms with Gasteiger partial charge < -0.3 is 14.2 Å². The van der Waals surface area contributed by atoms with Crippen LogP contribution in [-0.4, -0.2) is 37.2 Å². The summed E-state index contributed by atoms with van der Waals surface area (Å²) in [5, 5.41) is 0. The number of hydrogen-bond acceptors (Lipinski definition) is 6. The molecule has 0 N–H and O–H groups in total. The minimum Gasteiger partial charge on any atom is -0.462 e. The van der Waals surface area contributed by atoms with Gasteiger partial charge in [0.25, 0.3) is 0 Å². The van der Waals surface area contributed by atoms with Gasteiger partial charge in [-0.25, -0.2) is 0 Å². The Labute approximate surface area is 336 Å². The quantitative estimate of drug-likeness (QED) is 0.0349. The predicted molar refractivity (Wildman–Crippen MR) is 229 cm³/mol. The summed E-state index contributed by atoms with van der Waals surface area (Å²) in [6, 6.07) is 0. The fourth-order valence-electron chi connectivity index (χ4n) is 7.12. The third-order valence-corrected chi connectivity index (χ3v) is 11.2. The molecular formula is C48H92O6. The molecule has 0 fully saturated rings. The molecule has 1 unspecified atom stereocenters. The lowest BCUT2D eigenvalue weighted by atomic mass is 10.00. The van der Waals surface area contributed by atoms with Gasteiger partial charge in [0.15, 0.2) is 6.10 Å². The molecule has 320 valence electrons. The van der Waals surface area contributed by atoms with Gasteiger partial charge in [-0.15, -0.1) is 0 Å². The summed E-state index contributed by atoms with van der Waals surface area (Å²) in [5.74, 6) is -0.0469. The van der Waals surface area contributed by atoms with Gasteiger partial charge in [-0.3, -0.25) is 14.4 Å². The Morgan fingerprint density at radius 2 is 0.648 bits per heavy atom. The molecule has 2 atom stereocenters. The highest BCUT2D eigenvalue weighted by atomic mass is 16.6. The topological polar surface area (TPSA) is 78.9 Å². The van der Waals surface area contributed by atoms with Gasteiger partial charge in [0.1, 0.15) is 13.2 Å². The molecule has 0 spiro atoms. The molecule has 6 nitrogen and oxygen atoms in total. The van der Waals surface area contributed by atoms with Crippen LogP contribution in [0.1, 0.15) is 265 Å². The van der Waals surface area contributed by atoms with Crippen LogP contribution in [0, 0.1) is 5.92 Å². The van der Waals surface area contributed by atoms with Crippen molar-refractivity contribution in [2.45, 2.75) is 271 Å². The molecule has 0 heterocycles. The molecule has 0 saturated heterocycles. The second kappa shape index (κ2) is 42.6. The van der Waals surface area contributed by atoms with Crippen molar-refractivity contribution >= 4 is 17.9 Å². The SMILES string of the molecule is CCCCCCCCCCCCCCCCCCCCCC(=O)O[C@@H](COC(=O)CCCCCCCCC)COC(=O)CCCCCCCCC(C)CC. The minimum atomic E-state index is -0.759. The Morgan fingerprint density at radius 1 is 0.370 bits per heavy atom. The maximum absolute atomic E-state index is 12.7. The number of carbonyl (C=O) groups is 3. The number of rotatable bonds is 43. The molecule has 0 amide bonds. The summed E-state index contributed by atoms with van der Waals surface area (Å²) < 4.78 is 16.7. The van der Waals surface area contributed by atoms with Gasteiger partial charge in [0, 0.05) is 19.3 Å². The van der Waals surface area contributed by atoms with Crippen LogP contribution in [0.5, 0.6) is 0 Å². The average Bonchev–Trinajstić information content (AvgIpc) is 3.17. The van der Waals surface area contributed by atoms with E-state index in [1.807, 2.05) is 0 Å². The zero-order valence-corrected chi connectivity index (χ0v) is 36.7. The Kier molecular flexibility index (Phi) is 41.3. The molecule has 0 radical (unpaired) electrons. The Morgan fingerprint density at radius 3 is 0.963 bits per heavy atom. The molecule has 0 aliphatic rings. The number of esters is 3. The van der Waals surface area contributed by atoms with E-state index >= 15 is 0 Å². The maximum Gasteiger partial charge on any atom is 0.306 e. The van der Waals surface area contributed by atoms with E-state index in [9.17, 15) is 14.4 Å². The number of hydrogen-bond donors (Lipinski definition) is 0. The Hall–Kier alpha value is -1.59. The summed E-state index contributed by atoms with van der Waals surface area (Å²) in [7, 11) is 0. The zero-order chi connectivity index (χ0) is 39.6. The monoisotopic (exact) mass is 765 g/mol. The third kappa shape index (κ3) is 40.1. The van der Waals surface area contributed by atoms with Gasteiger partial charge in [-0.1, -0.05) is 227 Å². The van der Waals surface area contributed by atoms with E-state index in [1.54, 1.807) is 0 Å². The second-order valence-corrected chi connectivity index (χ2v) is 16.6. The van der Waals surface area contributed by atoms with Crippen LogP contribution in [-0.2, 0) is 28.6 Å². The van der Waals surface area contributed by atoms with Crippen molar-refractivity contribution in [2.24, 2.45) is 5.92 Å². The van der Waals surface area contributed by atoms with Crippen molar-refractivity contribution < 1.29 is 28.6 Å². The molecule has 0 aliphatic carbocycles.